The molecule has 0 aliphatic heterocycles. The number of nitrogens with zero attached hydrogens (tertiary/aromatic N) is 3. The van der Waals surface area contributed by atoms with Crippen LogP contribution in [0.3, 0.4) is 0 Å². The van der Waals surface area contributed by atoms with Crippen molar-refractivity contribution >= 4 is 34.4 Å². The Morgan fingerprint density at radius 1 is 1.07 bits per heavy atom. The summed E-state index contributed by atoms with van der Waals surface area (Å²) >= 11 is 3.03. The van der Waals surface area contributed by atoms with Crippen LogP contribution in [0.5, 0.6) is 0 Å². The highest BCUT2D eigenvalue weighted by molar-refractivity contribution is 7.13. The minimum atomic E-state index is -0.398. The second-order valence-electron chi connectivity index (χ2n) is 6.37. The number of hydrogen-bond acceptors (Lipinski definition) is 7. The number of hydrogen-bond donors (Lipinski definition) is 2. The van der Waals surface area contributed by atoms with E-state index in [-0.39, 0.29) is 5.91 Å². The van der Waals surface area contributed by atoms with Gasteiger partial charge in [-0.2, -0.15) is 0 Å². The lowest BCUT2D eigenvalue weighted by Crippen LogP contribution is -2.42. The summed E-state index contributed by atoms with van der Waals surface area (Å²) in [7, 11) is 0. The molecule has 0 saturated heterocycles. The minimum Gasteiger partial charge on any atom is -0.309 e. The number of rotatable bonds is 8. The van der Waals surface area contributed by atoms with Gasteiger partial charge >= 0.3 is 0 Å². The lowest BCUT2D eigenvalue weighted by atomic mass is 10.1. The quantitative estimate of drug-likeness (QED) is 0.449. The molecule has 0 spiro atoms. The fourth-order valence-corrected chi connectivity index (χ4v) is 4.15. The third-order valence-corrected chi connectivity index (χ3v) is 5.82. The summed E-state index contributed by atoms with van der Waals surface area (Å²) in [6.45, 7) is 0.535. The molecule has 6 nitrogen and oxygen atoms in total. The topological polar surface area (TPSA) is 79.8 Å². The van der Waals surface area contributed by atoms with Gasteiger partial charge in [0.05, 0.1) is 17.2 Å². The summed E-state index contributed by atoms with van der Waals surface area (Å²) in [4.78, 5) is 25.8. The third kappa shape index (κ3) is 5.32. The zero-order valence-corrected chi connectivity index (χ0v) is 17.1. The number of benzene rings is 1. The zero-order valence-electron chi connectivity index (χ0n) is 15.5. The molecule has 29 heavy (non-hydrogen) atoms. The van der Waals surface area contributed by atoms with E-state index in [1.807, 2.05) is 53.2 Å². The Labute approximate surface area is 176 Å². The molecule has 0 unspecified atom stereocenters. The number of amides is 1. The van der Waals surface area contributed by atoms with Gasteiger partial charge in [-0.15, -0.1) is 22.7 Å². The summed E-state index contributed by atoms with van der Waals surface area (Å²) in [5.41, 5.74) is 4.79. The molecule has 0 radical (unpaired) electrons. The molecule has 146 valence electrons. The second-order valence-corrected chi connectivity index (χ2v) is 7.94. The van der Waals surface area contributed by atoms with Crippen molar-refractivity contribution in [1.82, 2.24) is 20.3 Å². The minimum absolute atomic E-state index is 0.115. The van der Waals surface area contributed by atoms with Gasteiger partial charge in [-0.25, -0.2) is 9.97 Å². The highest BCUT2D eigenvalue weighted by Crippen LogP contribution is 2.25. The van der Waals surface area contributed by atoms with Crippen molar-refractivity contribution < 1.29 is 4.79 Å². The lowest BCUT2D eigenvalue weighted by molar-refractivity contribution is -0.118. The molecule has 8 heteroatoms. The monoisotopic (exact) mass is 421 g/mol. The summed E-state index contributed by atoms with van der Waals surface area (Å²) in [6, 6.07) is 13.4. The Hall–Kier alpha value is -2.94. The van der Waals surface area contributed by atoms with E-state index in [0.717, 1.165) is 21.8 Å². The largest absolute Gasteiger partial charge is 0.309 e. The van der Waals surface area contributed by atoms with Gasteiger partial charge in [0.25, 0.3) is 0 Å². The zero-order chi connectivity index (χ0) is 19.9. The number of anilines is 1. The van der Waals surface area contributed by atoms with Crippen LogP contribution < -0.4 is 10.6 Å². The van der Waals surface area contributed by atoms with Crippen molar-refractivity contribution in [2.24, 2.45) is 0 Å². The van der Waals surface area contributed by atoms with Crippen LogP contribution in [0, 0.1) is 0 Å². The van der Waals surface area contributed by atoms with Crippen molar-refractivity contribution in [2.45, 2.75) is 19.0 Å². The molecule has 1 atom stereocenters. The molecular weight excluding hydrogens is 402 g/mol. The van der Waals surface area contributed by atoms with Crippen LogP contribution in [0.15, 0.2) is 71.1 Å². The Balaban J connectivity index is 1.46. The van der Waals surface area contributed by atoms with Crippen LogP contribution in [0.2, 0.25) is 0 Å². The normalized spacial score (nSPS) is 11.9. The van der Waals surface area contributed by atoms with Gasteiger partial charge in [0.1, 0.15) is 10.8 Å². The molecule has 1 aromatic carbocycles. The Morgan fingerprint density at radius 2 is 1.90 bits per heavy atom. The molecule has 0 aliphatic carbocycles. The standard InChI is InChI=1S/C21H19N5OS2/c27-20(25-19-13-29-21(26-19)16-6-8-22-9-7-16)18(10-15-4-2-1-3-5-15)23-11-17-12-28-14-24-17/h1-9,12-14,18,23H,10-11H2,(H,25,27)/t18-/m0/s1. The predicted octanol–water partition coefficient (Wildman–Crippen LogP) is 4.00. The van der Waals surface area contributed by atoms with E-state index in [1.165, 1.54) is 11.3 Å². The first-order valence-corrected chi connectivity index (χ1v) is 10.9. The van der Waals surface area contributed by atoms with Gasteiger partial charge in [0, 0.05) is 35.3 Å². The van der Waals surface area contributed by atoms with Crippen LogP contribution in [0.25, 0.3) is 10.6 Å². The lowest BCUT2D eigenvalue weighted by Gasteiger charge is -2.17. The van der Waals surface area contributed by atoms with Crippen LogP contribution in [-0.4, -0.2) is 26.9 Å². The van der Waals surface area contributed by atoms with E-state index in [9.17, 15) is 4.79 Å². The average molecular weight is 422 g/mol. The first kappa shape index (κ1) is 19.4. The van der Waals surface area contributed by atoms with Crippen molar-refractivity contribution in [1.29, 1.82) is 0 Å². The second kappa shape index (κ2) is 9.51. The first-order valence-electron chi connectivity index (χ1n) is 9.09. The van der Waals surface area contributed by atoms with Gasteiger partial charge in [0.2, 0.25) is 5.91 Å². The van der Waals surface area contributed by atoms with Gasteiger partial charge in [-0.1, -0.05) is 30.3 Å². The molecular formula is C21H19N5OS2. The molecule has 4 rings (SSSR count). The molecule has 0 fully saturated rings. The number of pyridine rings is 1. The number of nitrogens with one attached hydrogen (secondary N) is 2. The van der Waals surface area contributed by atoms with E-state index in [4.69, 9.17) is 0 Å². The third-order valence-electron chi connectivity index (χ3n) is 4.29. The molecule has 0 bridgehead atoms. The van der Waals surface area contributed by atoms with Crippen molar-refractivity contribution in [3.63, 3.8) is 0 Å². The average Bonchev–Trinajstić information content (AvgIpc) is 3.45. The van der Waals surface area contributed by atoms with Crippen LogP contribution >= 0.6 is 22.7 Å². The van der Waals surface area contributed by atoms with E-state index >= 15 is 0 Å². The first-order chi connectivity index (χ1) is 14.3. The Bertz CT molecular complexity index is 1040. The van der Waals surface area contributed by atoms with E-state index < -0.39 is 6.04 Å². The predicted molar refractivity (Wildman–Crippen MR) is 117 cm³/mol. The van der Waals surface area contributed by atoms with Crippen LogP contribution in [0.1, 0.15) is 11.3 Å². The maximum absolute atomic E-state index is 13.0. The smallest absolute Gasteiger partial charge is 0.243 e. The maximum atomic E-state index is 13.0. The van der Waals surface area contributed by atoms with Gasteiger partial charge in [0.15, 0.2) is 0 Å². The maximum Gasteiger partial charge on any atom is 0.243 e. The van der Waals surface area contributed by atoms with E-state index in [1.54, 1.807) is 29.2 Å². The molecule has 0 saturated carbocycles. The summed E-state index contributed by atoms with van der Waals surface area (Å²) in [6.07, 6.45) is 4.04. The summed E-state index contributed by atoms with van der Waals surface area (Å²) in [5.74, 6) is 0.441. The Morgan fingerprint density at radius 3 is 2.66 bits per heavy atom. The molecule has 0 aliphatic rings. The van der Waals surface area contributed by atoms with Gasteiger partial charge in [-0.05, 0) is 24.1 Å². The van der Waals surface area contributed by atoms with E-state index in [2.05, 4.69) is 25.6 Å². The molecule has 3 heterocycles. The van der Waals surface area contributed by atoms with Crippen molar-refractivity contribution in [3.8, 4) is 10.6 Å². The number of carbonyl (C=O) groups is 1. The van der Waals surface area contributed by atoms with Gasteiger partial charge in [-0.3, -0.25) is 15.1 Å². The van der Waals surface area contributed by atoms with Crippen molar-refractivity contribution in [2.75, 3.05) is 5.32 Å². The highest BCUT2D eigenvalue weighted by atomic mass is 32.1. The molecule has 3 aromatic heterocycles. The van der Waals surface area contributed by atoms with Crippen LogP contribution in [0.4, 0.5) is 5.82 Å². The molecule has 1 amide bonds. The SMILES string of the molecule is O=C(Nc1csc(-c2ccncc2)n1)[C@H](Cc1ccccc1)NCc1cscn1. The van der Waals surface area contributed by atoms with Gasteiger partial charge < -0.3 is 5.32 Å². The number of aromatic nitrogens is 3. The molecule has 2 N–H and O–H groups in total. The highest BCUT2D eigenvalue weighted by Gasteiger charge is 2.20. The number of carbonyl (C=O) groups excluding carboxylic acids is 1. The Kier molecular flexibility index (Phi) is 6.35. The summed E-state index contributed by atoms with van der Waals surface area (Å²) in [5, 5.41) is 11.0. The summed E-state index contributed by atoms with van der Waals surface area (Å²) < 4.78 is 0. The molecule has 4 aromatic rings. The van der Waals surface area contributed by atoms with Crippen molar-refractivity contribution in [3.05, 3.63) is 82.4 Å². The fourth-order valence-electron chi connectivity index (χ4n) is 2.83. The fraction of sp³-hybridized carbons (Fsp3) is 0.143. The number of thiazole rings is 2. The van der Waals surface area contributed by atoms with E-state index in [0.29, 0.717) is 18.8 Å². The van der Waals surface area contributed by atoms with Crippen LogP contribution in [-0.2, 0) is 17.8 Å².